The van der Waals surface area contributed by atoms with Crippen LogP contribution in [0.15, 0.2) is 47.9 Å². The molecule has 0 aliphatic carbocycles. The quantitative estimate of drug-likeness (QED) is 0.699. The Bertz CT molecular complexity index is 1040. The summed E-state index contributed by atoms with van der Waals surface area (Å²) in [6.07, 6.45) is 6.34. The van der Waals surface area contributed by atoms with Crippen LogP contribution in [0, 0.1) is 5.82 Å². The fourth-order valence-electron chi connectivity index (χ4n) is 2.34. The van der Waals surface area contributed by atoms with Crippen molar-refractivity contribution in [3.63, 3.8) is 0 Å². The van der Waals surface area contributed by atoms with Crippen molar-refractivity contribution in [2.75, 3.05) is 7.11 Å². The summed E-state index contributed by atoms with van der Waals surface area (Å²) in [5, 5.41) is 4.07. The Labute approximate surface area is 149 Å². The lowest BCUT2D eigenvalue weighted by Crippen LogP contribution is -2.24. The van der Waals surface area contributed by atoms with E-state index in [0.717, 1.165) is 6.07 Å². The number of ether oxygens (including phenoxy) is 1. The van der Waals surface area contributed by atoms with Gasteiger partial charge in [0.15, 0.2) is 11.6 Å². The number of methoxy groups -OCH3 is 1. The van der Waals surface area contributed by atoms with Gasteiger partial charge in [-0.15, -0.1) is 0 Å². The number of benzene rings is 1. The lowest BCUT2D eigenvalue weighted by Gasteiger charge is -2.10. The third-order valence-corrected chi connectivity index (χ3v) is 5.01. The van der Waals surface area contributed by atoms with Gasteiger partial charge in [-0.25, -0.2) is 17.5 Å². The Hall–Kier alpha value is -2.85. The first-order chi connectivity index (χ1) is 12.4. The largest absolute Gasteiger partial charge is 0.494 e. The predicted molar refractivity (Wildman–Crippen MR) is 91.2 cm³/mol. The molecule has 0 spiro atoms. The first kappa shape index (κ1) is 18.0. The van der Waals surface area contributed by atoms with E-state index < -0.39 is 15.8 Å². The second kappa shape index (κ2) is 7.18. The van der Waals surface area contributed by atoms with Crippen LogP contribution in [-0.4, -0.2) is 35.3 Å². The van der Waals surface area contributed by atoms with Gasteiger partial charge in [-0.3, -0.25) is 14.6 Å². The zero-order chi connectivity index (χ0) is 18.7. The van der Waals surface area contributed by atoms with Crippen molar-refractivity contribution in [3.8, 4) is 17.0 Å². The van der Waals surface area contributed by atoms with Crippen molar-refractivity contribution in [3.05, 3.63) is 54.5 Å². The summed E-state index contributed by atoms with van der Waals surface area (Å²) in [5.41, 5.74) is 1.66. The topological polar surface area (TPSA) is 99.0 Å². The second-order valence-electron chi connectivity index (χ2n) is 5.38. The number of rotatable bonds is 6. The zero-order valence-electron chi connectivity index (χ0n) is 14.0. The fourth-order valence-corrected chi connectivity index (χ4v) is 3.34. The second-order valence-corrected chi connectivity index (χ2v) is 7.14. The third kappa shape index (κ3) is 3.70. The summed E-state index contributed by atoms with van der Waals surface area (Å²) in [4.78, 5) is 8.22. The Balaban J connectivity index is 1.84. The number of nitrogens with zero attached hydrogens (tertiary/aromatic N) is 4. The molecule has 10 heteroatoms. The number of halogens is 1. The van der Waals surface area contributed by atoms with E-state index in [1.165, 1.54) is 31.6 Å². The van der Waals surface area contributed by atoms with Gasteiger partial charge in [0.1, 0.15) is 0 Å². The molecule has 2 aromatic heterocycles. The highest BCUT2D eigenvalue weighted by Gasteiger charge is 2.18. The van der Waals surface area contributed by atoms with Crippen molar-refractivity contribution in [2.24, 2.45) is 7.05 Å². The number of aryl methyl sites for hydroxylation is 1. The van der Waals surface area contributed by atoms with E-state index in [-0.39, 0.29) is 17.2 Å². The van der Waals surface area contributed by atoms with E-state index in [1.54, 1.807) is 24.1 Å². The van der Waals surface area contributed by atoms with E-state index in [1.807, 2.05) is 0 Å². The number of nitrogens with one attached hydrogen (secondary N) is 1. The van der Waals surface area contributed by atoms with Crippen molar-refractivity contribution >= 4 is 10.0 Å². The number of hydrogen-bond donors (Lipinski definition) is 1. The summed E-state index contributed by atoms with van der Waals surface area (Å²) in [6.45, 7) is -0.103. The minimum Gasteiger partial charge on any atom is -0.494 e. The molecule has 0 unspecified atom stereocenters. The minimum atomic E-state index is -3.93. The van der Waals surface area contributed by atoms with E-state index in [9.17, 15) is 12.8 Å². The predicted octanol–water partition coefficient (Wildman–Crippen LogP) is 1.50. The molecule has 136 valence electrons. The Morgan fingerprint density at radius 3 is 2.69 bits per heavy atom. The van der Waals surface area contributed by atoms with Crippen molar-refractivity contribution in [1.29, 1.82) is 0 Å². The molecule has 0 saturated carbocycles. The van der Waals surface area contributed by atoms with Crippen LogP contribution >= 0.6 is 0 Å². The molecule has 3 rings (SSSR count). The smallest absolute Gasteiger partial charge is 0.241 e. The van der Waals surface area contributed by atoms with Crippen LogP contribution < -0.4 is 9.46 Å². The molecule has 0 aliphatic rings. The van der Waals surface area contributed by atoms with Gasteiger partial charge in [0.05, 0.1) is 36.1 Å². The molecule has 0 saturated heterocycles. The van der Waals surface area contributed by atoms with Crippen molar-refractivity contribution in [1.82, 2.24) is 24.5 Å². The molecule has 2 heterocycles. The lowest BCUT2D eigenvalue weighted by molar-refractivity contribution is 0.385. The molecule has 0 amide bonds. The van der Waals surface area contributed by atoms with Crippen LogP contribution in [0.4, 0.5) is 4.39 Å². The van der Waals surface area contributed by atoms with Gasteiger partial charge < -0.3 is 4.74 Å². The first-order valence-corrected chi connectivity index (χ1v) is 9.01. The van der Waals surface area contributed by atoms with Crippen molar-refractivity contribution in [2.45, 2.75) is 11.4 Å². The van der Waals surface area contributed by atoms with Crippen molar-refractivity contribution < 1.29 is 17.5 Å². The van der Waals surface area contributed by atoms with Crippen LogP contribution in [0.25, 0.3) is 11.3 Å². The molecule has 3 aromatic rings. The van der Waals surface area contributed by atoms with Crippen LogP contribution in [0.5, 0.6) is 5.75 Å². The Morgan fingerprint density at radius 2 is 2.04 bits per heavy atom. The highest BCUT2D eigenvalue weighted by atomic mass is 32.2. The summed E-state index contributed by atoms with van der Waals surface area (Å²) in [5.74, 6) is -0.789. The molecule has 1 aromatic carbocycles. The molecule has 0 radical (unpaired) electrons. The molecular weight excluding hydrogens is 361 g/mol. The Kier molecular flexibility index (Phi) is 4.96. The fraction of sp³-hybridized carbons (Fsp3) is 0.188. The van der Waals surface area contributed by atoms with Gasteiger partial charge in [0, 0.05) is 31.2 Å². The van der Waals surface area contributed by atoms with Crippen LogP contribution in [0.3, 0.4) is 0 Å². The maximum Gasteiger partial charge on any atom is 0.241 e. The average molecular weight is 377 g/mol. The molecule has 0 fully saturated rings. The zero-order valence-corrected chi connectivity index (χ0v) is 14.9. The number of aromatic nitrogens is 4. The molecule has 0 atom stereocenters. The first-order valence-electron chi connectivity index (χ1n) is 7.53. The SMILES string of the molecule is COc1ccc(S(=O)(=O)NCc2nccnc2-c2cnn(C)c2)cc1F. The normalized spacial score (nSPS) is 11.5. The van der Waals surface area contributed by atoms with Gasteiger partial charge in [0.25, 0.3) is 0 Å². The number of hydrogen-bond acceptors (Lipinski definition) is 6. The minimum absolute atomic E-state index is 0.0308. The molecule has 1 N–H and O–H groups in total. The highest BCUT2D eigenvalue weighted by molar-refractivity contribution is 7.89. The maximum atomic E-state index is 13.8. The van der Waals surface area contributed by atoms with Crippen LogP contribution in [0.1, 0.15) is 5.69 Å². The van der Waals surface area contributed by atoms with Gasteiger partial charge >= 0.3 is 0 Å². The van der Waals surface area contributed by atoms with Gasteiger partial charge in [-0.05, 0) is 18.2 Å². The van der Waals surface area contributed by atoms with Crippen LogP contribution in [0.2, 0.25) is 0 Å². The lowest BCUT2D eigenvalue weighted by atomic mass is 10.2. The maximum absolute atomic E-state index is 13.8. The summed E-state index contributed by atoms with van der Waals surface area (Å²) in [6, 6.07) is 3.43. The molecule has 8 nitrogen and oxygen atoms in total. The molecule has 26 heavy (non-hydrogen) atoms. The highest BCUT2D eigenvalue weighted by Crippen LogP contribution is 2.22. The van der Waals surface area contributed by atoms with Gasteiger partial charge in [-0.2, -0.15) is 5.10 Å². The number of sulfonamides is 1. The summed E-state index contributed by atoms with van der Waals surface area (Å²) in [7, 11) is -0.865. The van der Waals surface area contributed by atoms with E-state index in [4.69, 9.17) is 4.74 Å². The summed E-state index contributed by atoms with van der Waals surface area (Å²) < 4.78 is 47.4. The molecule has 0 aliphatic heterocycles. The molecular formula is C16H16FN5O3S. The molecule has 0 bridgehead atoms. The average Bonchev–Trinajstić information content (AvgIpc) is 3.06. The Morgan fingerprint density at radius 1 is 1.27 bits per heavy atom. The third-order valence-electron chi connectivity index (χ3n) is 3.62. The summed E-state index contributed by atoms with van der Waals surface area (Å²) >= 11 is 0. The standard InChI is InChI=1S/C16H16FN5O3S/c1-22-10-11(8-20-22)16-14(18-5-6-19-16)9-21-26(23,24)12-3-4-15(25-2)13(17)7-12/h3-8,10,21H,9H2,1-2H3. The van der Waals surface area contributed by atoms with E-state index in [0.29, 0.717) is 17.0 Å². The van der Waals surface area contributed by atoms with Crippen LogP contribution in [-0.2, 0) is 23.6 Å². The van der Waals surface area contributed by atoms with Gasteiger partial charge in [0.2, 0.25) is 10.0 Å². The van der Waals surface area contributed by atoms with E-state index in [2.05, 4.69) is 19.8 Å². The monoisotopic (exact) mass is 377 g/mol. The van der Waals surface area contributed by atoms with Gasteiger partial charge in [-0.1, -0.05) is 0 Å². The van der Waals surface area contributed by atoms with E-state index >= 15 is 0 Å².